The van der Waals surface area contributed by atoms with E-state index in [4.69, 9.17) is 4.98 Å². The van der Waals surface area contributed by atoms with Crippen molar-refractivity contribution in [2.75, 3.05) is 51.3 Å². The maximum absolute atomic E-state index is 12.9. The van der Waals surface area contributed by atoms with Crippen LogP contribution >= 0.6 is 12.4 Å². The fourth-order valence-electron chi connectivity index (χ4n) is 4.83. The molecule has 16 N–H and O–H groups in total. The Hall–Kier alpha value is -4.00. The summed E-state index contributed by atoms with van der Waals surface area (Å²) in [6, 6.07) is 10.3. The van der Waals surface area contributed by atoms with Crippen molar-refractivity contribution in [2.45, 2.75) is 50.3 Å². The maximum atomic E-state index is 12.9. The van der Waals surface area contributed by atoms with Gasteiger partial charge in [0.1, 0.15) is 5.75 Å². The molecule has 3 heterocycles. The number of rotatable bonds is 8. The lowest BCUT2D eigenvalue weighted by molar-refractivity contribution is -0.114. The summed E-state index contributed by atoms with van der Waals surface area (Å²) >= 11 is 0. The second-order valence-electron chi connectivity index (χ2n) is 10.0. The summed E-state index contributed by atoms with van der Waals surface area (Å²) in [6.07, 6.45) is 6.78. The minimum atomic E-state index is -3.98. The molecule has 2 aliphatic rings. The quantitative estimate of drug-likeness (QED) is 0.125. The highest BCUT2D eigenvalue weighted by atomic mass is 35.5. The fourth-order valence-corrected chi connectivity index (χ4v) is 5.90. The molecule has 16 nitrogen and oxygen atoms in total. The number of nitrogens with one attached hydrogen (secondary N) is 3. The second kappa shape index (κ2) is 18.1. The van der Waals surface area contributed by atoms with E-state index in [0.717, 1.165) is 51.9 Å². The first-order valence-corrected chi connectivity index (χ1v) is 15.0. The number of piperidine rings is 2. The van der Waals surface area contributed by atoms with E-state index in [1.807, 2.05) is 0 Å². The van der Waals surface area contributed by atoms with Gasteiger partial charge in [-0.1, -0.05) is 0 Å². The molecule has 0 bridgehead atoms. The Morgan fingerprint density at radius 2 is 1.27 bits per heavy atom. The first-order valence-electron chi connectivity index (χ1n) is 13.5. The van der Waals surface area contributed by atoms with Gasteiger partial charge in [-0.05, 0) is 74.9 Å². The third-order valence-corrected chi connectivity index (χ3v) is 8.25. The molecule has 1 amide bonds. The van der Waals surface area contributed by atoms with Crippen LogP contribution in [0.5, 0.6) is 5.75 Å². The number of hydrogen-bond acceptors (Lipinski definition) is 14. The van der Waals surface area contributed by atoms with Gasteiger partial charge in [0, 0.05) is 56.3 Å². The number of hydrogen-bond donors (Lipinski definition) is 8. The fraction of sp³-hybridized carbons (Fsp3) is 0.407. The van der Waals surface area contributed by atoms with Crippen molar-refractivity contribution in [1.82, 2.24) is 39.6 Å². The van der Waals surface area contributed by atoms with Crippen LogP contribution in [-0.4, -0.2) is 60.6 Å². The highest BCUT2D eigenvalue weighted by molar-refractivity contribution is 7.92. The number of carbonyl (C=O) groups excluding carboxylic acids is 1. The monoisotopic (exact) mass is 678 g/mol. The van der Waals surface area contributed by atoms with Crippen LogP contribution < -0.4 is 49.8 Å². The van der Waals surface area contributed by atoms with Crippen molar-refractivity contribution in [1.29, 1.82) is 0 Å². The maximum Gasteiger partial charge on any atom is 0.262 e. The van der Waals surface area contributed by atoms with Crippen molar-refractivity contribution in [3.8, 4) is 5.75 Å². The molecule has 2 saturated heterocycles. The zero-order valence-corrected chi connectivity index (χ0v) is 27.3. The molecule has 2 fully saturated rings. The number of aromatic nitrogens is 3. The summed E-state index contributed by atoms with van der Waals surface area (Å²) in [5, 5.41) is 16.4. The molecular weight excluding hydrogens is 624 g/mol. The first-order chi connectivity index (χ1) is 19.3. The lowest BCUT2D eigenvalue weighted by atomic mass is 10.1. The average Bonchev–Trinajstić information content (AvgIpc) is 2.95. The van der Waals surface area contributed by atoms with Gasteiger partial charge in [0.25, 0.3) is 10.0 Å². The lowest BCUT2D eigenvalue weighted by Crippen LogP contribution is -2.34. The van der Waals surface area contributed by atoms with Crippen LogP contribution in [0, 0.1) is 0 Å². The topological polar surface area (TPSA) is 293 Å². The van der Waals surface area contributed by atoms with E-state index in [0.29, 0.717) is 29.2 Å². The number of nitrogens with zero attached hydrogens (tertiary/aromatic N) is 5. The normalized spacial score (nSPS) is 14.2. The summed E-state index contributed by atoms with van der Waals surface area (Å²) in [6.45, 7) is 4.96. The summed E-state index contributed by atoms with van der Waals surface area (Å²) in [5.74, 6) is 1.12. The number of aromatic hydroxyl groups is 1. The van der Waals surface area contributed by atoms with Gasteiger partial charge in [0.15, 0.2) is 0 Å². The van der Waals surface area contributed by atoms with E-state index in [1.165, 1.54) is 56.2 Å². The molecule has 0 radical (unpaired) electrons. The van der Waals surface area contributed by atoms with E-state index < -0.39 is 10.0 Å². The zero-order valence-electron chi connectivity index (χ0n) is 25.7. The van der Waals surface area contributed by atoms with E-state index in [-0.39, 0.29) is 65.0 Å². The molecule has 45 heavy (non-hydrogen) atoms. The minimum absolute atomic E-state index is 0. The van der Waals surface area contributed by atoms with Gasteiger partial charge in [-0.3, -0.25) is 9.52 Å². The van der Waals surface area contributed by atoms with E-state index >= 15 is 0 Å². The average molecular weight is 679 g/mol. The molecule has 0 atom stereocenters. The zero-order chi connectivity index (χ0) is 28.1. The van der Waals surface area contributed by atoms with Crippen molar-refractivity contribution < 1.29 is 24.0 Å². The van der Waals surface area contributed by atoms with E-state index in [1.54, 1.807) is 6.07 Å². The van der Waals surface area contributed by atoms with Gasteiger partial charge in [-0.15, -0.1) is 12.4 Å². The van der Waals surface area contributed by atoms with Crippen molar-refractivity contribution in [3.63, 3.8) is 0 Å². The second-order valence-corrected chi connectivity index (χ2v) is 11.7. The minimum Gasteiger partial charge on any atom is -0.506 e. The highest BCUT2D eigenvalue weighted by Crippen LogP contribution is 2.31. The Balaban J connectivity index is -0.000000717. The largest absolute Gasteiger partial charge is 0.506 e. The number of halogens is 1. The van der Waals surface area contributed by atoms with Crippen molar-refractivity contribution >= 4 is 63.2 Å². The molecule has 2 aromatic carbocycles. The molecule has 0 unspecified atom stereocenters. The Morgan fingerprint density at radius 1 is 0.778 bits per heavy atom. The van der Waals surface area contributed by atoms with Crippen molar-refractivity contribution in [3.05, 3.63) is 42.5 Å². The van der Waals surface area contributed by atoms with Crippen LogP contribution in [0.4, 0.5) is 34.9 Å². The number of benzene rings is 2. The molecule has 0 aliphatic carbocycles. The van der Waals surface area contributed by atoms with Gasteiger partial charge >= 0.3 is 0 Å². The van der Waals surface area contributed by atoms with Gasteiger partial charge in [0.2, 0.25) is 23.8 Å². The molecule has 260 valence electrons. The SMILES string of the molecule is CC(=O)Nc1ccc(S(=O)(=O)Nc2ccc(Nc3nc(N4CCCCC4)nc(N4CCCCC4)n3)cc2O)cc1.Cl.N.N.N.N.[HH].[HH].[HH].[HH]. The Kier molecular flexibility index (Phi) is 16.5. The highest BCUT2D eigenvalue weighted by Gasteiger charge is 2.21. The first kappa shape index (κ1) is 41.0. The number of anilines is 6. The Labute approximate surface area is 276 Å². The van der Waals surface area contributed by atoms with Gasteiger partial charge in [-0.2, -0.15) is 15.0 Å². The predicted molar refractivity (Wildman–Crippen MR) is 191 cm³/mol. The number of carbonyl (C=O) groups is 1. The summed E-state index contributed by atoms with van der Waals surface area (Å²) < 4.78 is 28.2. The molecule has 1 aromatic heterocycles. The van der Waals surface area contributed by atoms with Gasteiger partial charge in [0.05, 0.1) is 10.6 Å². The van der Waals surface area contributed by atoms with E-state index in [2.05, 4.69) is 35.1 Å². The summed E-state index contributed by atoms with van der Waals surface area (Å²) in [5.41, 5.74) is 1.01. The van der Waals surface area contributed by atoms with Gasteiger partial charge in [-0.25, -0.2) is 8.42 Å². The Morgan fingerprint density at radius 3 is 1.73 bits per heavy atom. The number of sulfonamides is 1. The van der Waals surface area contributed by atoms with Crippen LogP contribution in [0.25, 0.3) is 0 Å². The third-order valence-electron chi connectivity index (χ3n) is 6.87. The smallest absolute Gasteiger partial charge is 0.262 e. The van der Waals surface area contributed by atoms with Crippen molar-refractivity contribution in [2.24, 2.45) is 0 Å². The molecular formula is C27H55ClN12O4S. The van der Waals surface area contributed by atoms with E-state index in [9.17, 15) is 18.3 Å². The van der Waals surface area contributed by atoms with Gasteiger partial charge < -0.3 is 50.1 Å². The van der Waals surface area contributed by atoms with Crippen LogP contribution in [0.3, 0.4) is 0 Å². The molecule has 0 spiro atoms. The van der Waals surface area contributed by atoms with Crippen LogP contribution in [-0.2, 0) is 14.8 Å². The van der Waals surface area contributed by atoms with Crippen LogP contribution in [0.1, 0.15) is 51.2 Å². The Bertz CT molecular complexity index is 1450. The standard InChI is InChI=1S/C27H34N8O4S.ClH.4H3N.4H2/c1-19(36)28-20-8-11-22(12-9-20)40(38,39)33-23-13-10-21(18-24(23)37)29-25-30-26(34-14-4-2-5-15-34)32-27(31-25)35-16-6-3-7-17-35;;;;;;;;;/h8-13,18,33,37H,2-7,14-17H2,1H3,(H,28,36)(H,29,30,31,32);1H;4*1H3;4*1H. The number of phenols is 1. The number of amides is 1. The number of phenolic OH excluding ortho intramolecular Hbond substituents is 1. The molecule has 5 rings (SSSR count). The lowest BCUT2D eigenvalue weighted by Gasteiger charge is -2.30. The summed E-state index contributed by atoms with van der Waals surface area (Å²) in [4.78, 5) is 29.7. The van der Waals surface area contributed by atoms with Crippen LogP contribution in [0.15, 0.2) is 47.4 Å². The van der Waals surface area contributed by atoms with Crippen LogP contribution in [0.2, 0.25) is 0 Å². The molecule has 0 saturated carbocycles. The summed E-state index contributed by atoms with van der Waals surface area (Å²) in [7, 11) is -3.98. The molecule has 2 aliphatic heterocycles. The third kappa shape index (κ3) is 10.5. The molecule has 3 aromatic rings. The molecule has 18 heteroatoms. The predicted octanol–water partition coefficient (Wildman–Crippen LogP) is 6.11.